The Morgan fingerprint density at radius 2 is 2.29 bits per heavy atom. The van der Waals surface area contributed by atoms with Gasteiger partial charge in [0.1, 0.15) is 0 Å². The molecule has 3 aromatic rings. The average molecular weight is 284 g/mol. The van der Waals surface area contributed by atoms with Crippen LogP contribution in [0.2, 0.25) is 0 Å². The number of amides is 1. The third-order valence-electron chi connectivity index (χ3n) is 3.31. The number of carbonyl (C=O) groups excluding carboxylic acids is 1. The number of rotatable bonds is 3. The van der Waals surface area contributed by atoms with Crippen molar-refractivity contribution in [3.63, 3.8) is 0 Å². The van der Waals surface area contributed by atoms with Crippen molar-refractivity contribution in [1.29, 1.82) is 0 Å². The number of hydrogen-bond acceptors (Lipinski definition) is 4. The second-order valence-corrected chi connectivity index (χ2v) is 5.06. The minimum Gasteiger partial charge on any atom is -0.399 e. The Bertz CT molecular complexity index is 803. The summed E-state index contributed by atoms with van der Waals surface area (Å²) in [5, 5.41) is 11.8. The van der Waals surface area contributed by atoms with Crippen molar-refractivity contribution < 1.29 is 4.79 Å². The Balaban J connectivity index is 1.87. The third-order valence-corrected chi connectivity index (χ3v) is 3.31. The first kappa shape index (κ1) is 13.2. The molecule has 0 fully saturated rings. The molecular weight excluding hydrogens is 268 g/mol. The molecule has 2 heterocycles. The summed E-state index contributed by atoms with van der Waals surface area (Å²) in [6.45, 7) is 0.476. The van der Waals surface area contributed by atoms with E-state index in [1.54, 1.807) is 35.0 Å². The Labute approximate surface area is 121 Å². The largest absolute Gasteiger partial charge is 0.399 e. The van der Waals surface area contributed by atoms with Crippen LogP contribution < -0.4 is 5.73 Å². The molecule has 1 aromatic carbocycles. The summed E-state index contributed by atoms with van der Waals surface area (Å²) < 4.78 is 1.71. The molecule has 0 saturated carbocycles. The number of fused-ring (bicyclic) bond motifs is 1. The van der Waals surface area contributed by atoms with Gasteiger partial charge in [-0.15, -0.1) is 0 Å². The van der Waals surface area contributed by atoms with Gasteiger partial charge < -0.3 is 10.6 Å². The van der Waals surface area contributed by atoms with Crippen molar-refractivity contribution in [3.05, 3.63) is 41.9 Å². The predicted octanol–water partition coefficient (Wildman–Crippen LogP) is 1.15. The van der Waals surface area contributed by atoms with Crippen LogP contribution in [-0.2, 0) is 13.6 Å². The van der Waals surface area contributed by atoms with Crippen molar-refractivity contribution in [3.8, 4) is 0 Å². The van der Waals surface area contributed by atoms with E-state index < -0.39 is 0 Å². The van der Waals surface area contributed by atoms with Gasteiger partial charge >= 0.3 is 0 Å². The smallest absolute Gasteiger partial charge is 0.275 e. The van der Waals surface area contributed by atoms with Gasteiger partial charge in [-0.25, -0.2) is 0 Å². The lowest BCUT2D eigenvalue weighted by atomic mass is 10.1. The molecule has 0 radical (unpaired) electrons. The molecule has 0 aliphatic rings. The van der Waals surface area contributed by atoms with Gasteiger partial charge in [-0.1, -0.05) is 0 Å². The van der Waals surface area contributed by atoms with E-state index in [1.807, 2.05) is 19.3 Å². The summed E-state index contributed by atoms with van der Waals surface area (Å²) in [7, 11) is 3.58. The van der Waals surface area contributed by atoms with Gasteiger partial charge in [0.25, 0.3) is 5.91 Å². The Hall–Kier alpha value is -2.83. The van der Waals surface area contributed by atoms with Crippen LogP contribution in [0.15, 0.2) is 30.6 Å². The summed E-state index contributed by atoms with van der Waals surface area (Å²) in [5.41, 5.74) is 8.52. The fraction of sp³-hybridized carbons (Fsp3) is 0.214. The monoisotopic (exact) mass is 284 g/mol. The maximum Gasteiger partial charge on any atom is 0.275 e. The van der Waals surface area contributed by atoms with Crippen molar-refractivity contribution >= 4 is 22.5 Å². The molecule has 1 amide bonds. The number of hydrogen-bond donors (Lipinski definition) is 2. The zero-order valence-corrected chi connectivity index (χ0v) is 11.9. The first-order valence-corrected chi connectivity index (χ1v) is 6.51. The molecule has 3 rings (SSSR count). The lowest BCUT2D eigenvalue weighted by Crippen LogP contribution is -2.26. The number of carbonyl (C=O) groups is 1. The summed E-state index contributed by atoms with van der Waals surface area (Å²) in [6.07, 6.45) is 3.62. The molecule has 108 valence electrons. The van der Waals surface area contributed by atoms with Crippen LogP contribution in [0.5, 0.6) is 0 Å². The van der Waals surface area contributed by atoms with Crippen LogP contribution in [-0.4, -0.2) is 37.8 Å². The topological polar surface area (TPSA) is 92.8 Å². The molecule has 0 bridgehead atoms. The summed E-state index contributed by atoms with van der Waals surface area (Å²) in [6, 6.07) is 5.34. The fourth-order valence-corrected chi connectivity index (χ4v) is 2.27. The molecule has 7 nitrogen and oxygen atoms in total. The van der Waals surface area contributed by atoms with E-state index in [1.165, 1.54) is 0 Å². The Kier molecular flexibility index (Phi) is 3.09. The number of aromatic nitrogens is 4. The molecule has 0 atom stereocenters. The van der Waals surface area contributed by atoms with E-state index in [-0.39, 0.29) is 5.91 Å². The maximum atomic E-state index is 12.5. The number of nitrogens with two attached hydrogens (primary N) is 1. The summed E-state index contributed by atoms with van der Waals surface area (Å²) in [4.78, 5) is 14.1. The van der Waals surface area contributed by atoms with Gasteiger partial charge in [0.2, 0.25) is 0 Å². The van der Waals surface area contributed by atoms with Gasteiger partial charge in [0.15, 0.2) is 5.69 Å². The van der Waals surface area contributed by atoms with Crippen LogP contribution in [0.1, 0.15) is 16.1 Å². The number of nitrogen functional groups attached to an aromatic ring is 1. The van der Waals surface area contributed by atoms with Crippen LogP contribution in [0.25, 0.3) is 10.9 Å². The van der Waals surface area contributed by atoms with Crippen LogP contribution in [0.3, 0.4) is 0 Å². The van der Waals surface area contributed by atoms with E-state index in [4.69, 9.17) is 5.73 Å². The van der Waals surface area contributed by atoms with E-state index in [0.717, 1.165) is 16.5 Å². The molecule has 0 unspecified atom stereocenters. The SMILES string of the molecule is CN(Cc1cnn(C)c1)C(=O)c1n[nH]c2ccc(N)cc12. The third kappa shape index (κ3) is 2.45. The Morgan fingerprint density at radius 3 is 3.00 bits per heavy atom. The number of nitrogens with one attached hydrogen (secondary N) is 1. The number of aryl methyl sites for hydroxylation is 1. The van der Waals surface area contributed by atoms with Gasteiger partial charge in [-0.2, -0.15) is 10.2 Å². The van der Waals surface area contributed by atoms with Gasteiger partial charge in [-0.3, -0.25) is 14.6 Å². The molecule has 2 aromatic heterocycles. The molecule has 21 heavy (non-hydrogen) atoms. The lowest BCUT2D eigenvalue weighted by molar-refractivity contribution is 0.0781. The van der Waals surface area contributed by atoms with E-state index >= 15 is 0 Å². The van der Waals surface area contributed by atoms with E-state index in [0.29, 0.717) is 17.9 Å². The highest BCUT2D eigenvalue weighted by Crippen LogP contribution is 2.20. The van der Waals surface area contributed by atoms with Crippen molar-refractivity contribution in [1.82, 2.24) is 24.9 Å². The second-order valence-electron chi connectivity index (χ2n) is 5.06. The molecule has 0 aliphatic carbocycles. The quantitative estimate of drug-likeness (QED) is 0.706. The van der Waals surface area contributed by atoms with E-state index in [2.05, 4.69) is 15.3 Å². The minimum atomic E-state index is -0.157. The van der Waals surface area contributed by atoms with Gasteiger partial charge in [0, 0.05) is 43.5 Å². The van der Waals surface area contributed by atoms with Gasteiger partial charge in [0.05, 0.1) is 11.7 Å². The molecule has 7 heteroatoms. The van der Waals surface area contributed by atoms with Gasteiger partial charge in [-0.05, 0) is 18.2 Å². The van der Waals surface area contributed by atoms with Crippen LogP contribution in [0, 0.1) is 0 Å². The molecule has 0 spiro atoms. The highest BCUT2D eigenvalue weighted by molar-refractivity contribution is 6.05. The van der Waals surface area contributed by atoms with Crippen LogP contribution >= 0.6 is 0 Å². The van der Waals surface area contributed by atoms with Crippen molar-refractivity contribution in [2.24, 2.45) is 7.05 Å². The lowest BCUT2D eigenvalue weighted by Gasteiger charge is -2.14. The number of nitrogens with zero attached hydrogens (tertiary/aromatic N) is 4. The van der Waals surface area contributed by atoms with E-state index in [9.17, 15) is 4.79 Å². The zero-order valence-electron chi connectivity index (χ0n) is 11.9. The number of H-pyrrole nitrogens is 1. The number of anilines is 1. The second kappa shape index (κ2) is 4.93. The van der Waals surface area contributed by atoms with Crippen LogP contribution in [0.4, 0.5) is 5.69 Å². The molecular formula is C14H16N6O. The van der Waals surface area contributed by atoms with Crippen molar-refractivity contribution in [2.75, 3.05) is 12.8 Å². The minimum absolute atomic E-state index is 0.157. The molecule has 0 saturated heterocycles. The zero-order chi connectivity index (χ0) is 15.0. The summed E-state index contributed by atoms with van der Waals surface area (Å²) in [5.74, 6) is -0.157. The molecule has 0 aliphatic heterocycles. The number of benzene rings is 1. The fourth-order valence-electron chi connectivity index (χ4n) is 2.27. The highest BCUT2D eigenvalue weighted by Gasteiger charge is 2.18. The highest BCUT2D eigenvalue weighted by atomic mass is 16.2. The standard InChI is InChI=1S/C14H16N6O/c1-19(7-9-6-16-20(2)8-9)14(21)13-11-5-10(15)3-4-12(11)17-18-13/h3-6,8H,7,15H2,1-2H3,(H,17,18). The first-order chi connectivity index (χ1) is 10.0. The molecule has 3 N–H and O–H groups in total. The average Bonchev–Trinajstić information content (AvgIpc) is 3.04. The first-order valence-electron chi connectivity index (χ1n) is 6.51. The predicted molar refractivity (Wildman–Crippen MR) is 79.5 cm³/mol. The van der Waals surface area contributed by atoms with Crippen molar-refractivity contribution in [2.45, 2.75) is 6.54 Å². The normalized spacial score (nSPS) is 11.0. The Morgan fingerprint density at radius 1 is 1.48 bits per heavy atom. The maximum absolute atomic E-state index is 12.5. The number of aromatic amines is 1. The summed E-state index contributed by atoms with van der Waals surface area (Å²) >= 11 is 0.